The highest BCUT2D eigenvalue weighted by Gasteiger charge is 2.37. The van der Waals surface area contributed by atoms with Crippen molar-refractivity contribution in [3.8, 4) is 0 Å². The third kappa shape index (κ3) is 8.02. The number of carbonyl (C=O) groups excluding carboxylic acids is 2. The van der Waals surface area contributed by atoms with Crippen molar-refractivity contribution in [3.05, 3.63) is 74.2 Å². The minimum Gasteiger partial charge on any atom is -0.371 e. The van der Waals surface area contributed by atoms with Gasteiger partial charge in [-0.1, -0.05) is 46.4 Å². The Kier molecular flexibility index (Phi) is 10.5. The average molecular weight is 698 g/mol. The Morgan fingerprint density at radius 3 is 2.25 bits per heavy atom. The third-order valence-electron chi connectivity index (χ3n) is 6.44. The summed E-state index contributed by atoms with van der Waals surface area (Å²) in [5, 5.41) is 4.57. The van der Waals surface area contributed by atoms with Gasteiger partial charge in [0.05, 0.1) is 32.2 Å². The largest absolute Gasteiger partial charge is 0.371 e. The van der Waals surface area contributed by atoms with E-state index in [1.54, 1.807) is 30.3 Å². The van der Waals surface area contributed by atoms with E-state index in [-0.39, 0.29) is 54.7 Å². The zero-order valence-corrected chi connectivity index (χ0v) is 27.9. The zero-order valence-electron chi connectivity index (χ0n) is 24.1. The number of aliphatic imine (C=N–C) groups is 2. The Labute approximate surface area is 275 Å². The van der Waals surface area contributed by atoms with Crippen molar-refractivity contribution in [1.29, 1.82) is 0 Å². The van der Waals surface area contributed by atoms with Gasteiger partial charge >= 0.3 is 0 Å². The molecule has 0 aliphatic carbocycles. The van der Waals surface area contributed by atoms with E-state index in [0.29, 0.717) is 24.5 Å². The highest BCUT2D eigenvalue weighted by molar-refractivity contribution is 7.90. The summed E-state index contributed by atoms with van der Waals surface area (Å²) in [6.07, 6.45) is 1.20. The molecule has 1 heterocycles. The summed E-state index contributed by atoms with van der Waals surface area (Å²) in [6.45, 7) is 6.06. The van der Waals surface area contributed by atoms with Crippen molar-refractivity contribution in [2.45, 2.75) is 20.8 Å². The maximum Gasteiger partial charge on any atom is 0.299 e. The van der Waals surface area contributed by atoms with E-state index in [1.807, 2.05) is 24.8 Å². The minimum atomic E-state index is -3.14. The summed E-state index contributed by atoms with van der Waals surface area (Å²) < 4.78 is 23.4. The zero-order chi connectivity index (χ0) is 32.3. The van der Waals surface area contributed by atoms with Gasteiger partial charge in [-0.25, -0.2) is 23.4 Å². The normalized spacial score (nSPS) is 15.2. The fraction of sp³-hybridized carbons (Fsp3) is 0.241. The van der Waals surface area contributed by atoms with Crippen LogP contribution in [0.1, 0.15) is 19.4 Å². The van der Waals surface area contributed by atoms with Gasteiger partial charge in [-0.2, -0.15) is 0 Å². The van der Waals surface area contributed by atoms with E-state index < -0.39 is 15.7 Å². The molecule has 1 aliphatic heterocycles. The lowest BCUT2D eigenvalue weighted by molar-refractivity contribution is -0.114. The lowest BCUT2D eigenvalue weighted by Gasteiger charge is -2.23. The van der Waals surface area contributed by atoms with Crippen molar-refractivity contribution >= 4 is 108 Å². The summed E-state index contributed by atoms with van der Waals surface area (Å²) in [6, 6.07) is 13.1. The van der Waals surface area contributed by atoms with Crippen LogP contribution in [0.2, 0.25) is 20.1 Å². The number of hydrazine groups is 1. The number of nitrogens with one attached hydrogen (secondary N) is 2. The topological polar surface area (TPSA) is 124 Å². The number of nitrogens with zero attached hydrogens (tertiary/aromatic N) is 4. The van der Waals surface area contributed by atoms with Gasteiger partial charge in [-0.3, -0.25) is 15.0 Å². The Morgan fingerprint density at radius 2 is 1.66 bits per heavy atom. The second-order valence-electron chi connectivity index (χ2n) is 9.92. The molecule has 0 radical (unpaired) electrons. The van der Waals surface area contributed by atoms with Gasteiger partial charge in [-0.15, -0.1) is 0 Å². The first-order valence-electron chi connectivity index (χ1n) is 13.2. The summed E-state index contributed by atoms with van der Waals surface area (Å²) in [7, 11) is -3.14. The molecule has 4 rings (SSSR count). The van der Waals surface area contributed by atoms with E-state index in [1.165, 1.54) is 25.3 Å². The van der Waals surface area contributed by atoms with E-state index in [9.17, 15) is 18.0 Å². The van der Waals surface area contributed by atoms with E-state index in [4.69, 9.17) is 46.4 Å². The van der Waals surface area contributed by atoms with Crippen molar-refractivity contribution in [2.75, 3.05) is 40.3 Å². The summed E-state index contributed by atoms with van der Waals surface area (Å²) >= 11 is 25.4. The van der Waals surface area contributed by atoms with Crippen LogP contribution < -0.4 is 20.7 Å². The van der Waals surface area contributed by atoms with Crippen molar-refractivity contribution in [1.82, 2.24) is 5.43 Å². The number of anilines is 3. The quantitative estimate of drug-likeness (QED) is 0.254. The highest BCUT2D eigenvalue weighted by Crippen LogP contribution is 2.38. The van der Waals surface area contributed by atoms with Crippen LogP contribution >= 0.6 is 46.4 Å². The number of carbonyl (C=O) groups is 2. The number of sulfone groups is 1. The van der Waals surface area contributed by atoms with Crippen molar-refractivity contribution in [2.24, 2.45) is 9.98 Å². The second kappa shape index (κ2) is 13.7. The molecule has 0 atom stereocenters. The van der Waals surface area contributed by atoms with Crippen LogP contribution in [0.5, 0.6) is 0 Å². The predicted molar refractivity (Wildman–Crippen MR) is 181 cm³/mol. The van der Waals surface area contributed by atoms with Crippen LogP contribution in [-0.4, -0.2) is 56.9 Å². The number of rotatable bonds is 9. The molecule has 0 saturated carbocycles. The summed E-state index contributed by atoms with van der Waals surface area (Å²) in [4.78, 5) is 36.7. The molecule has 3 aromatic rings. The summed E-state index contributed by atoms with van der Waals surface area (Å²) in [5.41, 5.74) is 5.74. The molecule has 1 aliphatic rings. The molecular weight excluding hydrogens is 670 g/mol. The smallest absolute Gasteiger partial charge is 0.299 e. The number of amidine groups is 1. The molecule has 15 heteroatoms. The number of halogens is 4. The first-order chi connectivity index (χ1) is 20.7. The first-order valence-corrected chi connectivity index (χ1v) is 16.8. The molecule has 44 heavy (non-hydrogen) atoms. The van der Waals surface area contributed by atoms with Crippen LogP contribution in [-0.2, 0) is 19.4 Å². The molecule has 0 spiro atoms. The number of hydrogen-bond donors (Lipinski definition) is 2. The van der Waals surface area contributed by atoms with Gasteiger partial charge in [0.1, 0.15) is 15.5 Å². The molecule has 1 fully saturated rings. The van der Waals surface area contributed by atoms with Crippen LogP contribution in [0.25, 0.3) is 0 Å². The van der Waals surface area contributed by atoms with Gasteiger partial charge < -0.3 is 10.2 Å². The van der Waals surface area contributed by atoms with Gasteiger partial charge in [0.2, 0.25) is 5.91 Å². The number of benzene rings is 3. The fourth-order valence-electron chi connectivity index (χ4n) is 4.33. The van der Waals surface area contributed by atoms with Crippen LogP contribution in [0.3, 0.4) is 0 Å². The SMILES string of the molecule is CCN(CCS(C)(=O)=O)c1ccc(N=C2C(=O)N(c3c(Cl)cc(Cl)cc3Cl)NC2=Nc2cc(NC(C)=O)ccc2Cl)c(C)c1. The molecular formula is C29H28Cl4N6O4S. The molecule has 0 aromatic heterocycles. The monoisotopic (exact) mass is 696 g/mol. The Morgan fingerprint density at radius 1 is 0.977 bits per heavy atom. The lowest BCUT2D eigenvalue weighted by atomic mass is 10.1. The van der Waals surface area contributed by atoms with Crippen LogP contribution in [0.15, 0.2) is 58.5 Å². The number of aryl methyl sites for hydroxylation is 1. The third-order valence-corrected chi connectivity index (χ3v) is 8.48. The van der Waals surface area contributed by atoms with Crippen molar-refractivity contribution in [3.63, 3.8) is 0 Å². The molecule has 1 saturated heterocycles. The Hall–Kier alpha value is -3.35. The maximum atomic E-state index is 13.9. The molecule has 0 unspecified atom stereocenters. The predicted octanol–water partition coefficient (Wildman–Crippen LogP) is 6.79. The molecule has 0 bridgehead atoms. The molecule has 2 N–H and O–H groups in total. The standard InChI is InChI=1S/C29H28Cl4N6O4S/c1-5-38(10-11-44(4,42)43)20-7-9-24(16(2)12-20)35-26-28(36-25-15-19(34-17(3)40)6-8-21(25)31)37-39(29(26)41)27-22(32)13-18(30)14-23(27)33/h6-9,12-15H,5,10-11H2,1-4H3,(H,34,40)(H,36,37). The lowest BCUT2D eigenvalue weighted by Crippen LogP contribution is -2.36. The maximum absolute atomic E-state index is 13.9. The Bertz CT molecular complexity index is 1790. The molecule has 10 nitrogen and oxygen atoms in total. The van der Waals surface area contributed by atoms with Gasteiger partial charge in [0.15, 0.2) is 11.5 Å². The van der Waals surface area contributed by atoms with Gasteiger partial charge in [0, 0.05) is 42.7 Å². The minimum absolute atomic E-state index is 0.0152. The van der Waals surface area contributed by atoms with Gasteiger partial charge in [-0.05, 0) is 67.9 Å². The van der Waals surface area contributed by atoms with E-state index in [0.717, 1.165) is 16.3 Å². The van der Waals surface area contributed by atoms with Crippen LogP contribution in [0, 0.1) is 6.92 Å². The van der Waals surface area contributed by atoms with Crippen molar-refractivity contribution < 1.29 is 18.0 Å². The number of amides is 2. The molecule has 2 amide bonds. The average Bonchev–Trinajstić information content (AvgIpc) is 3.20. The second-order valence-corrected chi connectivity index (χ2v) is 13.8. The van der Waals surface area contributed by atoms with Gasteiger partial charge in [0.25, 0.3) is 5.91 Å². The van der Waals surface area contributed by atoms with E-state index in [2.05, 4.69) is 20.7 Å². The number of hydrogen-bond acceptors (Lipinski definition) is 7. The highest BCUT2D eigenvalue weighted by atomic mass is 35.5. The van der Waals surface area contributed by atoms with E-state index >= 15 is 0 Å². The Balaban J connectivity index is 1.81. The molecule has 232 valence electrons. The van der Waals surface area contributed by atoms with Crippen LogP contribution in [0.4, 0.5) is 28.4 Å². The first kappa shape index (κ1) is 33.5. The fourth-order valence-corrected chi connectivity index (χ4v) is 6.03. The molecule has 3 aromatic carbocycles. The summed E-state index contributed by atoms with van der Waals surface area (Å²) in [5.74, 6) is -0.819.